The summed E-state index contributed by atoms with van der Waals surface area (Å²) < 4.78 is 13.2. The number of halogens is 2. The fourth-order valence-electron chi connectivity index (χ4n) is 1.62. The Labute approximate surface area is 141 Å². The molecule has 2 N–H and O–H groups in total. The van der Waals surface area contributed by atoms with E-state index in [4.69, 9.17) is 11.6 Å². The third-order valence-corrected chi connectivity index (χ3v) is 3.66. The Kier molecular flexibility index (Phi) is 5.41. The molecule has 1 fully saturated rings. The van der Waals surface area contributed by atoms with Gasteiger partial charge in [0.25, 0.3) is 5.91 Å². The predicted octanol–water partition coefficient (Wildman–Crippen LogP) is 3.91. The van der Waals surface area contributed by atoms with Gasteiger partial charge in [-0.3, -0.25) is 4.79 Å². The SMILES string of the molecule is C=C(Cl)/C=C\C(=C)N=C1NC(=O)/C(=C/c2cc(F)ccc2O)S1. The van der Waals surface area contributed by atoms with Crippen LogP contribution in [0.25, 0.3) is 6.08 Å². The Morgan fingerprint density at radius 2 is 2.13 bits per heavy atom. The van der Waals surface area contributed by atoms with Crippen LogP contribution >= 0.6 is 23.4 Å². The molecular formula is C16H12ClFN2O2S. The third-order valence-electron chi connectivity index (χ3n) is 2.63. The molecule has 0 bridgehead atoms. The monoisotopic (exact) mass is 350 g/mol. The smallest absolute Gasteiger partial charge is 0.264 e. The number of allylic oxidation sites excluding steroid dienone is 3. The van der Waals surface area contributed by atoms with Crippen LogP contribution in [0.5, 0.6) is 5.75 Å². The summed E-state index contributed by atoms with van der Waals surface area (Å²) in [5.74, 6) is -1.02. The number of amides is 1. The molecule has 1 amide bonds. The van der Waals surface area contributed by atoms with Gasteiger partial charge in [-0.2, -0.15) is 0 Å². The molecule has 4 nitrogen and oxygen atoms in total. The van der Waals surface area contributed by atoms with E-state index in [1.165, 1.54) is 18.2 Å². The molecule has 1 aromatic rings. The van der Waals surface area contributed by atoms with Crippen LogP contribution in [-0.2, 0) is 4.79 Å². The molecule has 0 aromatic heterocycles. The van der Waals surface area contributed by atoms with Gasteiger partial charge >= 0.3 is 0 Å². The molecule has 23 heavy (non-hydrogen) atoms. The van der Waals surface area contributed by atoms with Crippen molar-refractivity contribution in [1.82, 2.24) is 5.32 Å². The van der Waals surface area contributed by atoms with E-state index in [0.717, 1.165) is 23.9 Å². The number of phenols is 1. The lowest BCUT2D eigenvalue weighted by Crippen LogP contribution is -2.19. The zero-order chi connectivity index (χ0) is 17.0. The van der Waals surface area contributed by atoms with Crippen molar-refractivity contribution in [3.05, 3.63) is 70.5 Å². The molecule has 0 atom stereocenters. The van der Waals surface area contributed by atoms with Crippen LogP contribution < -0.4 is 5.32 Å². The number of benzene rings is 1. The standard InChI is InChI=1S/C16H12ClFN2O2S/c1-9(17)3-4-10(2)19-16-20-15(22)14(23-16)8-11-7-12(18)5-6-13(11)21/h3-8,21H,1-2H2,(H,19,20,22)/b4-3-,14-8-. The van der Waals surface area contributed by atoms with Gasteiger partial charge in [-0.05, 0) is 48.2 Å². The number of carbonyl (C=O) groups excluding carboxylic acids is 1. The Morgan fingerprint density at radius 1 is 1.39 bits per heavy atom. The summed E-state index contributed by atoms with van der Waals surface area (Å²) >= 11 is 6.65. The topological polar surface area (TPSA) is 61.7 Å². The second-order valence-corrected chi connectivity index (χ2v) is 5.97. The summed E-state index contributed by atoms with van der Waals surface area (Å²) in [6, 6.07) is 3.49. The van der Waals surface area contributed by atoms with Crippen molar-refractivity contribution in [3.8, 4) is 5.75 Å². The van der Waals surface area contributed by atoms with Crippen LogP contribution in [0.2, 0.25) is 0 Å². The van der Waals surface area contributed by atoms with E-state index < -0.39 is 11.7 Å². The maximum atomic E-state index is 13.2. The minimum atomic E-state index is -0.508. The number of aliphatic imine (C=N–C) groups is 1. The van der Waals surface area contributed by atoms with Crippen molar-refractivity contribution in [2.24, 2.45) is 4.99 Å². The fourth-order valence-corrected chi connectivity index (χ4v) is 2.52. The van der Waals surface area contributed by atoms with Crippen molar-refractivity contribution < 1.29 is 14.3 Å². The van der Waals surface area contributed by atoms with Crippen molar-refractivity contribution in [3.63, 3.8) is 0 Å². The van der Waals surface area contributed by atoms with Crippen molar-refractivity contribution in [1.29, 1.82) is 0 Å². The van der Waals surface area contributed by atoms with E-state index in [0.29, 0.717) is 15.9 Å². The molecule has 0 radical (unpaired) electrons. The average molecular weight is 351 g/mol. The van der Waals surface area contributed by atoms with E-state index in [9.17, 15) is 14.3 Å². The third kappa shape index (κ3) is 4.84. The van der Waals surface area contributed by atoms with Gasteiger partial charge in [0, 0.05) is 10.6 Å². The molecule has 2 rings (SSSR count). The first-order valence-electron chi connectivity index (χ1n) is 6.34. The quantitative estimate of drug-likeness (QED) is 0.639. The number of rotatable bonds is 4. The molecule has 1 aliphatic rings. The van der Waals surface area contributed by atoms with Gasteiger partial charge in [0.15, 0.2) is 5.17 Å². The van der Waals surface area contributed by atoms with Crippen LogP contribution in [0.1, 0.15) is 5.56 Å². The molecule has 7 heteroatoms. The van der Waals surface area contributed by atoms with Crippen LogP contribution in [0.3, 0.4) is 0 Å². The summed E-state index contributed by atoms with van der Waals surface area (Å²) in [5, 5.41) is 12.9. The number of aromatic hydroxyl groups is 1. The molecule has 118 valence electrons. The highest BCUT2D eigenvalue weighted by molar-refractivity contribution is 8.18. The predicted molar refractivity (Wildman–Crippen MR) is 92.5 cm³/mol. The van der Waals surface area contributed by atoms with Gasteiger partial charge in [-0.15, -0.1) is 0 Å². The Balaban J connectivity index is 2.20. The van der Waals surface area contributed by atoms with Crippen molar-refractivity contribution in [2.45, 2.75) is 0 Å². The second kappa shape index (κ2) is 7.30. The number of nitrogens with one attached hydrogen (secondary N) is 1. The number of carbonyl (C=O) groups is 1. The van der Waals surface area contributed by atoms with Gasteiger partial charge in [0.1, 0.15) is 11.6 Å². The minimum Gasteiger partial charge on any atom is -0.507 e. The van der Waals surface area contributed by atoms with E-state index in [2.05, 4.69) is 23.5 Å². The first-order chi connectivity index (χ1) is 10.8. The molecule has 1 saturated heterocycles. The summed E-state index contributed by atoms with van der Waals surface area (Å²) in [7, 11) is 0. The number of hydrogen-bond acceptors (Lipinski definition) is 4. The van der Waals surface area contributed by atoms with E-state index >= 15 is 0 Å². The summed E-state index contributed by atoms with van der Waals surface area (Å²) in [5.41, 5.74) is 0.588. The number of amidine groups is 1. The van der Waals surface area contributed by atoms with Crippen LogP contribution in [0.4, 0.5) is 4.39 Å². The maximum Gasteiger partial charge on any atom is 0.264 e. The number of phenolic OH excluding ortho intramolecular Hbond substituents is 1. The first kappa shape index (κ1) is 17.1. The number of thioether (sulfide) groups is 1. The van der Waals surface area contributed by atoms with Gasteiger partial charge in [0.2, 0.25) is 0 Å². The maximum absolute atomic E-state index is 13.2. The Morgan fingerprint density at radius 3 is 2.83 bits per heavy atom. The fraction of sp³-hybridized carbons (Fsp3) is 0. The molecule has 1 aliphatic heterocycles. The molecule has 0 saturated carbocycles. The van der Waals surface area contributed by atoms with Gasteiger partial charge in [-0.25, -0.2) is 9.38 Å². The molecular weight excluding hydrogens is 339 g/mol. The summed E-state index contributed by atoms with van der Waals surface area (Å²) in [6.07, 6.45) is 4.46. The van der Waals surface area contributed by atoms with E-state index in [1.54, 1.807) is 6.08 Å². The Hall–Kier alpha value is -2.31. The average Bonchev–Trinajstić information content (AvgIpc) is 2.80. The van der Waals surface area contributed by atoms with Crippen LogP contribution in [0, 0.1) is 5.82 Å². The lowest BCUT2D eigenvalue weighted by molar-refractivity contribution is -0.115. The summed E-state index contributed by atoms with van der Waals surface area (Å²) in [4.78, 5) is 16.3. The zero-order valence-electron chi connectivity index (χ0n) is 11.8. The van der Waals surface area contributed by atoms with Gasteiger partial charge < -0.3 is 10.4 Å². The number of hydrogen-bond donors (Lipinski definition) is 2. The normalized spacial score (nSPS) is 17.9. The highest BCUT2D eigenvalue weighted by Gasteiger charge is 2.24. The molecule has 0 aliphatic carbocycles. The van der Waals surface area contributed by atoms with E-state index in [1.807, 2.05) is 0 Å². The second-order valence-electron chi connectivity index (χ2n) is 4.46. The first-order valence-corrected chi connectivity index (χ1v) is 7.54. The van der Waals surface area contributed by atoms with Crippen LogP contribution in [0.15, 0.2) is 64.1 Å². The number of nitrogens with zero attached hydrogens (tertiary/aromatic N) is 1. The highest BCUT2D eigenvalue weighted by atomic mass is 35.5. The molecule has 0 unspecified atom stereocenters. The zero-order valence-corrected chi connectivity index (χ0v) is 13.4. The van der Waals surface area contributed by atoms with Crippen LogP contribution in [-0.4, -0.2) is 16.2 Å². The van der Waals surface area contributed by atoms with Gasteiger partial charge in [0.05, 0.1) is 10.6 Å². The lowest BCUT2D eigenvalue weighted by Gasteiger charge is -1.99. The van der Waals surface area contributed by atoms with Gasteiger partial charge in [-0.1, -0.05) is 24.8 Å². The molecule has 1 heterocycles. The largest absolute Gasteiger partial charge is 0.507 e. The minimum absolute atomic E-state index is 0.120. The molecule has 0 spiro atoms. The lowest BCUT2D eigenvalue weighted by atomic mass is 10.2. The van der Waals surface area contributed by atoms with Crippen molar-refractivity contribution >= 4 is 40.5 Å². The highest BCUT2D eigenvalue weighted by Crippen LogP contribution is 2.29. The van der Waals surface area contributed by atoms with E-state index in [-0.39, 0.29) is 16.2 Å². The summed E-state index contributed by atoms with van der Waals surface area (Å²) in [6.45, 7) is 7.20. The van der Waals surface area contributed by atoms with Crippen molar-refractivity contribution in [2.75, 3.05) is 0 Å². The Bertz CT molecular complexity index is 784. The molecule has 1 aromatic carbocycles.